The van der Waals surface area contributed by atoms with Crippen molar-refractivity contribution in [2.75, 3.05) is 32.7 Å². The Morgan fingerprint density at radius 1 is 1.27 bits per heavy atom. The van der Waals surface area contributed by atoms with E-state index in [1.165, 1.54) is 27.7 Å². The number of nitrogens with zero attached hydrogens (tertiary/aromatic N) is 7. The van der Waals surface area contributed by atoms with E-state index in [9.17, 15) is 24.3 Å². The maximum Gasteiger partial charge on any atom is 0.353 e. The molecule has 3 saturated heterocycles. The zero-order chi connectivity index (χ0) is 29.4. The van der Waals surface area contributed by atoms with Gasteiger partial charge in [-0.2, -0.15) is 0 Å². The molecule has 5 rings (SSSR count). The van der Waals surface area contributed by atoms with Crippen LogP contribution in [0.3, 0.4) is 0 Å². The highest BCUT2D eigenvalue weighted by molar-refractivity contribution is 8.03. The Labute approximate surface area is 240 Å². The fourth-order valence-electron chi connectivity index (χ4n) is 6.25. The number of aliphatic carboxylic acids is 1. The number of aromatic nitrogens is 4. The lowest BCUT2D eigenvalue weighted by Gasteiger charge is -2.47. The second kappa shape index (κ2) is 11.6. The molecule has 0 bridgehead atoms. The highest BCUT2D eigenvalue weighted by atomic mass is 32.2. The highest BCUT2D eigenvalue weighted by Crippen LogP contribution is 2.51. The third kappa shape index (κ3) is 5.59. The molecule has 3 amide bonds. The first kappa shape index (κ1) is 28.8. The highest BCUT2D eigenvalue weighted by Gasteiger charge is 2.60. The van der Waals surface area contributed by atoms with Gasteiger partial charge in [0.05, 0.1) is 18.0 Å². The molecular weight excluding hydrogens is 554 g/mol. The Bertz CT molecular complexity index is 1260. The number of nitrogens with one attached hydrogen (secondary N) is 3. The topological polar surface area (TPSA) is 216 Å². The van der Waals surface area contributed by atoms with Gasteiger partial charge in [-0.05, 0) is 30.2 Å². The minimum Gasteiger partial charge on any atom is -0.477 e. The van der Waals surface area contributed by atoms with Crippen LogP contribution in [0.5, 0.6) is 0 Å². The lowest BCUT2D eigenvalue weighted by molar-refractivity contribution is -0.158. The standard InChI is InChI=1S/C24H35N11O5S/c1-12-18-17(13(2)29-16(36)10-34-11-28-30-31-34)22(38)35(18)19(23(39)40)20(12)41-14-8-15(27-9-14)21(37)32-4-3-5-33(7-6-32)24(25)26/h11-15,17-18,27H,3-10H2,1-2H3,(H3,25,26)(H,29,36)(H,39,40)/t12-,13-,14+,15+,17-,18-/m1/s1. The van der Waals surface area contributed by atoms with Crippen LogP contribution in [0.1, 0.15) is 26.7 Å². The van der Waals surface area contributed by atoms with Crippen LogP contribution >= 0.6 is 11.8 Å². The number of β-lactam (4-membered cyclic amide) rings is 1. The number of rotatable bonds is 8. The van der Waals surface area contributed by atoms with E-state index in [1.54, 1.807) is 16.7 Å². The van der Waals surface area contributed by atoms with E-state index in [4.69, 9.17) is 11.1 Å². The smallest absolute Gasteiger partial charge is 0.353 e. The van der Waals surface area contributed by atoms with Gasteiger partial charge in [0, 0.05) is 54.8 Å². The van der Waals surface area contributed by atoms with Gasteiger partial charge in [0.2, 0.25) is 17.7 Å². The number of hydrogen-bond donors (Lipinski definition) is 5. The molecule has 16 nitrogen and oxygen atoms in total. The van der Waals surface area contributed by atoms with Gasteiger partial charge in [0.15, 0.2) is 5.96 Å². The average molecular weight is 590 g/mol. The summed E-state index contributed by atoms with van der Waals surface area (Å²) in [6.07, 6.45) is 2.58. The summed E-state index contributed by atoms with van der Waals surface area (Å²) in [5, 5.41) is 34.5. The number of carbonyl (C=O) groups excluding carboxylic acids is 3. The zero-order valence-corrected chi connectivity index (χ0v) is 23.7. The van der Waals surface area contributed by atoms with Crippen LogP contribution in [0.2, 0.25) is 0 Å². The van der Waals surface area contributed by atoms with E-state index in [0.29, 0.717) is 44.0 Å². The van der Waals surface area contributed by atoms with Gasteiger partial charge < -0.3 is 36.2 Å². The summed E-state index contributed by atoms with van der Waals surface area (Å²) in [6.45, 7) is 6.32. The van der Waals surface area contributed by atoms with E-state index in [0.717, 1.165) is 6.42 Å². The monoisotopic (exact) mass is 589 g/mol. The molecule has 0 saturated carbocycles. The average Bonchev–Trinajstić information content (AvgIpc) is 3.59. The lowest BCUT2D eigenvalue weighted by atomic mass is 9.78. The summed E-state index contributed by atoms with van der Waals surface area (Å²) in [7, 11) is 0. The molecular formula is C24H35N11O5S. The molecule has 1 aromatic heterocycles. The maximum atomic E-state index is 13.3. The second-order valence-corrected chi connectivity index (χ2v) is 12.2. The minimum atomic E-state index is -1.16. The first-order chi connectivity index (χ1) is 19.6. The van der Waals surface area contributed by atoms with Crippen LogP contribution in [0, 0.1) is 17.2 Å². The predicted octanol–water partition coefficient (Wildman–Crippen LogP) is -2.16. The Balaban J connectivity index is 1.21. The zero-order valence-electron chi connectivity index (χ0n) is 22.9. The van der Waals surface area contributed by atoms with Crippen LogP contribution in [-0.2, 0) is 25.7 Å². The van der Waals surface area contributed by atoms with Crippen LogP contribution in [0.25, 0.3) is 0 Å². The van der Waals surface area contributed by atoms with Gasteiger partial charge >= 0.3 is 5.97 Å². The fraction of sp³-hybridized carbons (Fsp3) is 0.667. The van der Waals surface area contributed by atoms with Gasteiger partial charge in [-0.3, -0.25) is 19.8 Å². The Morgan fingerprint density at radius 3 is 2.68 bits per heavy atom. The molecule has 6 atom stereocenters. The van der Waals surface area contributed by atoms with Crippen molar-refractivity contribution < 1.29 is 24.3 Å². The molecule has 222 valence electrons. The van der Waals surface area contributed by atoms with Gasteiger partial charge in [-0.15, -0.1) is 16.9 Å². The number of carboxylic acids is 1. The second-order valence-electron chi connectivity index (χ2n) is 10.9. The van der Waals surface area contributed by atoms with Crippen molar-refractivity contribution in [2.24, 2.45) is 17.6 Å². The van der Waals surface area contributed by atoms with E-state index in [-0.39, 0.29) is 59.2 Å². The van der Waals surface area contributed by atoms with Crippen molar-refractivity contribution in [3.8, 4) is 0 Å². The summed E-state index contributed by atoms with van der Waals surface area (Å²) in [5.74, 6) is -2.65. The van der Waals surface area contributed by atoms with Crippen molar-refractivity contribution in [3.63, 3.8) is 0 Å². The van der Waals surface area contributed by atoms with Gasteiger partial charge in [0.25, 0.3) is 0 Å². The molecule has 0 aliphatic carbocycles. The van der Waals surface area contributed by atoms with E-state index in [2.05, 4.69) is 26.2 Å². The van der Waals surface area contributed by atoms with Gasteiger partial charge in [-0.1, -0.05) is 6.92 Å². The summed E-state index contributed by atoms with van der Waals surface area (Å²) in [5.41, 5.74) is 5.61. The number of nitrogens with two attached hydrogens (primary N) is 1. The van der Waals surface area contributed by atoms with Crippen LogP contribution in [0.15, 0.2) is 16.9 Å². The molecule has 4 aliphatic rings. The lowest BCUT2D eigenvalue weighted by Crippen LogP contribution is -2.66. The Morgan fingerprint density at radius 2 is 2.00 bits per heavy atom. The minimum absolute atomic E-state index is 0.00397. The number of amides is 3. The maximum absolute atomic E-state index is 13.3. The van der Waals surface area contributed by atoms with Crippen molar-refractivity contribution in [3.05, 3.63) is 16.9 Å². The molecule has 1 aromatic rings. The molecule has 17 heteroatoms. The molecule has 0 unspecified atom stereocenters. The van der Waals surface area contributed by atoms with Crippen molar-refractivity contribution in [1.82, 2.24) is 45.5 Å². The van der Waals surface area contributed by atoms with E-state index < -0.39 is 17.9 Å². The molecule has 4 aliphatic heterocycles. The number of thioether (sulfide) groups is 1. The summed E-state index contributed by atoms with van der Waals surface area (Å²) in [6, 6.07) is -1.28. The van der Waals surface area contributed by atoms with Crippen LogP contribution in [0.4, 0.5) is 0 Å². The quantitative estimate of drug-likeness (QED) is 0.125. The SMILES string of the molecule is C[C@@H](NC(=O)Cn1cnnn1)[C@H]1C(=O)N2C(C(=O)O)=C(S[C@@H]3CN[C@H](C(=O)N4CCCN(C(=N)N)CC4)C3)[C@H](C)[C@H]12. The van der Waals surface area contributed by atoms with Crippen molar-refractivity contribution in [2.45, 2.75) is 56.6 Å². The van der Waals surface area contributed by atoms with Gasteiger partial charge in [0.1, 0.15) is 18.6 Å². The number of guanidine groups is 1. The first-order valence-corrected chi connectivity index (χ1v) is 14.5. The van der Waals surface area contributed by atoms with Crippen LogP contribution < -0.4 is 16.4 Å². The predicted molar refractivity (Wildman–Crippen MR) is 146 cm³/mol. The van der Waals surface area contributed by atoms with E-state index in [1.807, 2.05) is 6.92 Å². The number of hydrogen-bond acceptors (Lipinski definition) is 10. The number of tetrazole rings is 1. The molecule has 0 aromatic carbocycles. The summed E-state index contributed by atoms with van der Waals surface area (Å²) >= 11 is 1.42. The van der Waals surface area contributed by atoms with Crippen molar-refractivity contribution in [1.29, 1.82) is 5.41 Å². The summed E-state index contributed by atoms with van der Waals surface area (Å²) < 4.78 is 1.27. The normalized spacial score (nSPS) is 28.7. The fourth-order valence-corrected chi connectivity index (χ4v) is 7.72. The molecule has 41 heavy (non-hydrogen) atoms. The number of carbonyl (C=O) groups is 4. The van der Waals surface area contributed by atoms with E-state index >= 15 is 0 Å². The van der Waals surface area contributed by atoms with Crippen molar-refractivity contribution >= 4 is 41.4 Å². The molecule has 5 heterocycles. The molecule has 0 radical (unpaired) electrons. The number of fused-ring (bicyclic) bond motifs is 1. The third-order valence-corrected chi connectivity index (χ3v) is 9.76. The first-order valence-electron chi connectivity index (χ1n) is 13.6. The summed E-state index contributed by atoms with van der Waals surface area (Å²) in [4.78, 5) is 56.8. The molecule has 0 spiro atoms. The molecule has 3 fully saturated rings. The Hall–Kier alpha value is -3.73. The van der Waals surface area contributed by atoms with Crippen LogP contribution in [-0.4, -0.2) is 126 Å². The largest absolute Gasteiger partial charge is 0.477 e. The number of carboxylic acid groups (broad SMARTS) is 1. The van der Waals surface area contributed by atoms with Gasteiger partial charge in [-0.25, -0.2) is 9.48 Å². The Kier molecular flexibility index (Phi) is 8.17. The third-order valence-electron chi connectivity index (χ3n) is 8.25. The molecule has 6 N–H and O–H groups in total.